The second kappa shape index (κ2) is 5.38. The normalized spacial score (nSPS) is 14.1. The lowest BCUT2D eigenvalue weighted by Crippen LogP contribution is -2.09. The van der Waals surface area contributed by atoms with Crippen LogP contribution in [0.1, 0.15) is 5.56 Å². The van der Waals surface area contributed by atoms with Gasteiger partial charge in [0.1, 0.15) is 9.96 Å². The summed E-state index contributed by atoms with van der Waals surface area (Å²) >= 11 is 2.65. The second-order valence-electron chi connectivity index (χ2n) is 4.28. The monoisotopic (exact) mass is 340 g/mol. The summed E-state index contributed by atoms with van der Waals surface area (Å²) < 4.78 is 31.0. The fourth-order valence-corrected chi connectivity index (χ4v) is 5.03. The maximum Gasteiger partial charge on any atom is 0.247 e. The molecule has 1 aromatic heterocycles. The van der Waals surface area contributed by atoms with Gasteiger partial charge >= 0.3 is 0 Å². The SMILES string of the molecule is COc1ccc(N2C=Cc3cc(S(N)(=O)=O)sc3S2)cc1. The summed E-state index contributed by atoms with van der Waals surface area (Å²) in [5.41, 5.74) is 1.85. The highest BCUT2D eigenvalue weighted by Gasteiger charge is 2.20. The van der Waals surface area contributed by atoms with Crippen LogP contribution in [-0.2, 0) is 10.0 Å². The van der Waals surface area contributed by atoms with Gasteiger partial charge in [-0.2, -0.15) is 0 Å². The number of anilines is 1. The summed E-state index contributed by atoms with van der Waals surface area (Å²) in [5, 5.41) is 5.17. The van der Waals surface area contributed by atoms with Crippen LogP contribution in [0.4, 0.5) is 5.69 Å². The number of nitrogens with zero attached hydrogens (tertiary/aromatic N) is 1. The van der Waals surface area contributed by atoms with Crippen LogP contribution in [0.5, 0.6) is 5.75 Å². The van der Waals surface area contributed by atoms with E-state index in [1.54, 1.807) is 13.2 Å². The average molecular weight is 340 g/mol. The number of benzene rings is 1. The highest BCUT2D eigenvalue weighted by Crippen LogP contribution is 2.42. The molecule has 8 heteroatoms. The topological polar surface area (TPSA) is 72.6 Å². The van der Waals surface area contributed by atoms with Crippen molar-refractivity contribution in [3.8, 4) is 5.75 Å². The Morgan fingerprint density at radius 2 is 1.95 bits per heavy atom. The molecular weight excluding hydrogens is 328 g/mol. The van der Waals surface area contributed by atoms with Crippen LogP contribution < -0.4 is 14.2 Å². The minimum Gasteiger partial charge on any atom is -0.497 e. The Morgan fingerprint density at radius 3 is 2.57 bits per heavy atom. The Bertz CT molecular complexity index is 795. The first-order valence-electron chi connectivity index (χ1n) is 5.93. The lowest BCUT2D eigenvalue weighted by molar-refractivity contribution is 0.415. The number of hydrogen-bond acceptors (Lipinski definition) is 6. The van der Waals surface area contributed by atoms with E-state index in [0.29, 0.717) is 0 Å². The molecule has 0 aliphatic carbocycles. The summed E-state index contributed by atoms with van der Waals surface area (Å²) in [6.07, 6.45) is 3.77. The molecule has 1 aliphatic rings. The molecule has 5 nitrogen and oxygen atoms in total. The maximum absolute atomic E-state index is 11.4. The molecule has 0 spiro atoms. The number of sulfonamides is 1. The third-order valence-electron chi connectivity index (χ3n) is 2.88. The van der Waals surface area contributed by atoms with Crippen LogP contribution in [0.3, 0.4) is 0 Å². The minimum absolute atomic E-state index is 0.182. The molecule has 1 aliphatic heterocycles. The first-order valence-corrected chi connectivity index (χ1v) is 9.07. The van der Waals surface area contributed by atoms with Crippen molar-refractivity contribution in [3.63, 3.8) is 0 Å². The van der Waals surface area contributed by atoms with E-state index < -0.39 is 10.0 Å². The van der Waals surface area contributed by atoms with E-state index in [2.05, 4.69) is 0 Å². The van der Waals surface area contributed by atoms with Gasteiger partial charge in [0, 0.05) is 23.7 Å². The molecule has 2 N–H and O–H groups in total. The van der Waals surface area contributed by atoms with Gasteiger partial charge in [0.25, 0.3) is 0 Å². The van der Waals surface area contributed by atoms with E-state index in [1.165, 1.54) is 23.3 Å². The smallest absolute Gasteiger partial charge is 0.247 e. The molecule has 0 radical (unpaired) electrons. The molecule has 0 amide bonds. The minimum atomic E-state index is -3.65. The van der Waals surface area contributed by atoms with E-state index in [-0.39, 0.29) is 4.21 Å². The third kappa shape index (κ3) is 2.93. The molecule has 110 valence electrons. The molecule has 2 heterocycles. The summed E-state index contributed by atoms with van der Waals surface area (Å²) in [4.78, 5) is 0. The van der Waals surface area contributed by atoms with Crippen LogP contribution in [0, 0.1) is 0 Å². The number of ether oxygens (including phenoxy) is 1. The Balaban J connectivity index is 1.88. The number of rotatable bonds is 3. The highest BCUT2D eigenvalue weighted by atomic mass is 32.3. The van der Waals surface area contributed by atoms with Crippen molar-refractivity contribution >= 4 is 45.1 Å². The molecular formula is C13H12N2O3S3. The van der Waals surface area contributed by atoms with Gasteiger partial charge in [-0.15, -0.1) is 11.3 Å². The van der Waals surface area contributed by atoms with E-state index in [1.807, 2.05) is 40.8 Å². The molecule has 0 atom stereocenters. The molecule has 0 bridgehead atoms. The number of primary sulfonamides is 1. The van der Waals surface area contributed by atoms with Crippen molar-refractivity contribution in [1.29, 1.82) is 0 Å². The number of nitrogens with two attached hydrogens (primary N) is 1. The van der Waals surface area contributed by atoms with E-state index in [4.69, 9.17) is 9.88 Å². The number of thiophene rings is 1. The van der Waals surface area contributed by atoms with Gasteiger partial charge in [-0.05, 0) is 36.4 Å². The lowest BCUT2D eigenvalue weighted by atomic mass is 10.3. The summed E-state index contributed by atoms with van der Waals surface area (Å²) in [7, 11) is -2.03. The summed E-state index contributed by atoms with van der Waals surface area (Å²) in [5.74, 6) is 0.790. The van der Waals surface area contributed by atoms with E-state index in [9.17, 15) is 8.42 Å². The van der Waals surface area contributed by atoms with Gasteiger partial charge in [0.2, 0.25) is 10.0 Å². The van der Waals surface area contributed by atoms with Gasteiger partial charge in [0.05, 0.1) is 17.0 Å². The molecule has 0 saturated carbocycles. The van der Waals surface area contributed by atoms with Gasteiger partial charge in [-0.1, -0.05) is 0 Å². The zero-order chi connectivity index (χ0) is 15.0. The average Bonchev–Trinajstić information content (AvgIpc) is 2.90. The molecule has 0 unspecified atom stereocenters. The van der Waals surface area contributed by atoms with Crippen molar-refractivity contribution in [2.75, 3.05) is 11.4 Å². The molecule has 0 fully saturated rings. The van der Waals surface area contributed by atoms with Gasteiger partial charge in [-0.25, -0.2) is 13.6 Å². The largest absolute Gasteiger partial charge is 0.497 e. The van der Waals surface area contributed by atoms with Gasteiger partial charge in [-0.3, -0.25) is 4.31 Å². The van der Waals surface area contributed by atoms with Crippen molar-refractivity contribution < 1.29 is 13.2 Å². The first-order chi connectivity index (χ1) is 9.97. The molecule has 2 aromatic rings. The molecule has 21 heavy (non-hydrogen) atoms. The van der Waals surface area contributed by atoms with Gasteiger partial charge in [0.15, 0.2) is 0 Å². The zero-order valence-corrected chi connectivity index (χ0v) is 13.5. The van der Waals surface area contributed by atoms with Crippen LogP contribution in [0.25, 0.3) is 6.08 Å². The summed E-state index contributed by atoms with van der Waals surface area (Å²) in [6.45, 7) is 0. The second-order valence-corrected chi connectivity index (χ2v) is 8.37. The van der Waals surface area contributed by atoms with Gasteiger partial charge < -0.3 is 4.74 Å². The van der Waals surface area contributed by atoms with Crippen LogP contribution >= 0.6 is 23.3 Å². The van der Waals surface area contributed by atoms with Crippen LogP contribution in [0.2, 0.25) is 0 Å². The number of hydrogen-bond donors (Lipinski definition) is 1. The third-order valence-corrected chi connectivity index (χ3v) is 6.65. The van der Waals surface area contributed by atoms with E-state index >= 15 is 0 Å². The van der Waals surface area contributed by atoms with Crippen LogP contribution in [0.15, 0.2) is 45.0 Å². The predicted molar refractivity (Wildman–Crippen MR) is 86.1 cm³/mol. The number of methoxy groups -OCH3 is 1. The molecule has 3 rings (SSSR count). The van der Waals surface area contributed by atoms with Crippen LogP contribution in [-0.4, -0.2) is 15.5 Å². The Labute approximate surface area is 131 Å². The number of fused-ring (bicyclic) bond motifs is 1. The fourth-order valence-electron chi connectivity index (χ4n) is 1.83. The first kappa shape index (κ1) is 14.5. The highest BCUT2D eigenvalue weighted by molar-refractivity contribution is 8.03. The molecule has 1 aromatic carbocycles. The van der Waals surface area contributed by atoms with E-state index in [0.717, 1.165) is 21.2 Å². The van der Waals surface area contributed by atoms with Crippen molar-refractivity contribution in [2.24, 2.45) is 5.14 Å². The van der Waals surface area contributed by atoms with Crippen molar-refractivity contribution in [2.45, 2.75) is 8.42 Å². The Hall–Kier alpha value is -1.48. The zero-order valence-electron chi connectivity index (χ0n) is 11.0. The quantitative estimate of drug-likeness (QED) is 0.870. The Morgan fingerprint density at radius 1 is 1.24 bits per heavy atom. The fraction of sp³-hybridized carbons (Fsp3) is 0.0769. The predicted octanol–water partition coefficient (Wildman–Crippen LogP) is 2.90. The lowest BCUT2D eigenvalue weighted by Gasteiger charge is -2.21. The molecule has 0 saturated heterocycles. The standard InChI is InChI=1S/C13H12N2O3S3/c1-18-11-4-2-10(3-5-11)15-7-6-9-8-12(21(14,16)17)19-13(9)20-15/h2-8H,1H3,(H2,14,16,17). The van der Waals surface area contributed by atoms with Crippen molar-refractivity contribution in [1.82, 2.24) is 0 Å². The summed E-state index contributed by atoms with van der Waals surface area (Å²) in [6, 6.07) is 9.24. The maximum atomic E-state index is 11.4. The van der Waals surface area contributed by atoms with Crippen molar-refractivity contribution in [3.05, 3.63) is 42.1 Å². The Kier molecular flexibility index (Phi) is 3.70.